The van der Waals surface area contributed by atoms with Gasteiger partial charge < -0.3 is 55.2 Å². The lowest BCUT2D eigenvalue weighted by Crippen LogP contribution is -2.52. The van der Waals surface area contributed by atoms with Crippen molar-refractivity contribution in [2.45, 2.75) is 76.5 Å². The Kier molecular flexibility index (Phi) is 21.1. The minimum absolute atomic E-state index is 0.0353. The minimum Gasteiger partial charge on any atom is -0.489 e. The second kappa shape index (κ2) is 29.2. The number of esters is 1. The molecule has 77 heavy (non-hydrogen) atoms. The maximum Gasteiger partial charge on any atom is 0.408 e. The van der Waals surface area contributed by atoms with Crippen molar-refractivity contribution in [1.29, 1.82) is 0 Å². The molecule has 7 aromatic rings. The van der Waals surface area contributed by atoms with Crippen LogP contribution in [0.3, 0.4) is 0 Å². The Morgan fingerprint density at radius 1 is 0.481 bits per heavy atom. The molecular weight excluding hydrogens is 981 g/mol. The van der Waals surface area contributed by atoms with E-state index in [9.17, 15) is 34.2 Å². The van der Waals surface area contributed by atoms with E-state index in [0.717, 1.165) is 27.8 Å². The summed E-state index contributed by atoms with van der Waals surface area (Å²) < 4.78 is 29.2. The van der Waals surface area contributed by atoms with E-state index in [1.807, 2.05) is 146 Å². The molecule has 0 heterocycles. The number of nitrogens with one attached hydrogen (secondary N) is 4. The second-order valence-electron chi connectivity index (χ2n) is 18.1. The summed E-state index contributed by atoms with van der Waals surface area (Å²) in [4.78, 5) is 66.6. The number of amides is 3. The molecule has 3 amide bonds. The number of hydrogen-bond donors (Lipinski definition) is 6. The van der Waals surface area contributed by atoms with Gasteiger partial charge in [0.15, 0.2) is 0 Å². The number of carbonyl (C=O) groups is 5. The van der Waals surface area contributed by atoms with Crippen LogP contribution in [0.5, 0.6) is 11.5 Å². The van der Waals surface area contributed by atoms with Gasteiger partial charge in [-0.05, 0) is 87.8 Å². The van der Waals surface area contributed by atoms with Gasteiger partial charge in [0.05, 0.1) is 12.1 Å². The normalized spacial score (nSPS) is 12.4. The van der Waals surface area contributed by atoms with E-state index in [4.69, 9.17) is 23.7 Å². The zero-order valence-corrected chi connectivity index (χ0v) is 42.5. The standard InChI is InChI=1S/C61H62N4O12/c1-62-53(35-51(66)36-63-60(71)76-40-45-23-13-5-14-24-45)57(67)64-55(59(70)75-39-44-21-11-4-12-22-44)31-47-29-49(33-52(30-47)73-37-42-17-7-2-8-18-42)48-27-28-56(74-38-43-19-9-3-10-20-43)50(32-48)34-54(58(68)69)65-61(72)77-41-46-25-15-6-16-26-46/h2-30,32-33,51,53-55,62,66H,31,34-41H2,1H3,(H,63,71)(H,64,67)(H,65,72)(H,68,69)/t51-,53+,54+,55+/m1/s1. The van der Waals surface area contributed by atoms with Crippen LogP contribution in [-0.4, -0.2) is 78.1 Å². The number of rotatable bonds is 27. The molecule has 0 aliphatic rings. The van der Waals surface area contributed by atoms with Gasteiger partial charge in [-0.3, -0.25) is 4.79 Å². The number of carbonyl (C=O) groups excluding carboxylic acids is 4. The van der Waals surface area contributed by atoms with Crippen molar-refractivity contribution >= 4 is 30.0 Å². The van der Waals surface area contributed by atoms with Gasteiger partial charge in [-0.2, -0.15) is 0 Å². The lowest BCUT2D eigenvalue weighted by molar-refractivity contribution is -0.149. The average Bonchev–Trinajstić information content (AvgIpc) is 3.46. The minimum atomic E-state index is -1.42. The van der Waals surface area contributed by atoms with E-state index in [-0.39, 0.29) is 58.8 Å². The van der Waals surface area contributed by atoms with Gasteiger partial charge in [-0.25, -0.2) is 19.2 Å². The van der Waals surface area contributed by atoms with Gasteiger partial charge in [0.25, 0.3) is 0 Å². The highest BCUT2D eigenvalue weighted by Gasteiger charge is 2.29. The molecule has 0 saturated carbocycles. The lowest BCUT2D eigenvalue weighted by Gasteiger charge is -2.24. The largest absolute Gasteiger partial charge is 0.489 e. The Bertz CT molecular complexity index is 2990. The molecule has 0 spiro atoms. The number of alkyl carbamates (subject to hydrolysis) is 2. The smallest absolute Gasteiger partial charge is 0.408 e. The summed E-state index contributed by atoms with van der Waals surface area (Å²) in [6.45, 7) is 0.0535. The highest BCUT2D eigenvalue weighted by atomic mass is 16.6. The fourth-order valence-corrected chi connectivity index (χ4v) is 8.11. The molecular formula is C61H62N4O12. The molecule has 398 valence electrons. The van der Waals surface area contributed by atoms with E-state index in [1.165, 1.54) is 0 Å². The molecule has 0 radical (unpaired) electrons. The highest BCUT2D eigenvalue weighted by molar-refractivity contribution is 5.88. The first-order chi connectivity index (χ1) is 37.5. The van der Waals surface area contributed by atoms with Crippen LogP contribution in [0.15, 0.2) is 188 Å². The number of benzene rings is 7. The molecule has 0 aromatic heterocycles. The quantitative estimate of drug-likeness (QED) is 0.0211. The summed E-state index contributed by atoms with van der Waals surface area (Å²) >= 11 is 0. The fraction of sp³-hybridized carbons (Fsp3) is 0.230. The molecule has 7 rings (SSSR count). The summed E-state index contributed by atoms with van der Waals surface area (Å²) in [6.07, 6.45) is -3.24. The number of carboxylic acids is 1. The molecule has 0 fully saturated rings. The highest BCUT2D eigenvalue weighted by Crippen LogP contribution is 2.33. The van der Waals surface area contributed by atoms with Crippen LogP contribution in [0, 0.1) is 0 Å². The SMILES string of the molecule is CN[C@@H](C[C@@H](O)CNC(=O)OCc1ccccc1)C(=O)N[C@@H](Cc1cc(OCc2ccccc2)cc(-c2ccc(OCc3ccccc3)c(C[C@H](NC(=O)OCc3ccccc3)C(=O)O)c2)c1)C(=O)OCc1ccccc1. The molecule has 6 N–H and O–H groups in total. The van der Waals surface area contributed by atoms with Crippen LogP contribution < -0.4 is 30.7 Å². The first-order valence-electron chi connectivity index (χ1n) is 25.1. The predicted octanol–water partition coefficient (Wildman–Crippen LogP) is 8.47. The fourth-order valence-electron chi connectivity index (χ4n) is 8.11. The van der Waals surface area contributed by atoms with Crippen LogP contribution in [0.25, 0.3) is 11.1 Å². The van der Waals surface area contributed by atoms with E-state index in [0.29, 0.717) is 33.8 Å². The van der Waals surface area contributed by atoms with Crippen LogP contribution in [0.4, 0.5) is 9.59 Å². The zero-order valence-electron chi connectivity index (χ0n) is 42.5. The van der Waals surface area contributed by atoms with E-state index < -0.39 is 54.3 Å². The monoisotopic (exact) mass is 1040 g/mol. The van der Waals surface area contributed by atoms with Crippen molar-refractivity contribution in [1.82, 2.24) is 21.3 Å². The topological polar surface area (TPSA) is 220 Å². The maximum absolute atomic E-state index is 14.2. The van der Waals surface area contributed by atoms with Gasteiger partial charge >= 0.3 is 24.1 Å². The number of carboxylic acid groups (broad SMARTS) is 1. The Morgan fingerprint density at radius 3 is 1.52 bits per heavy atom. The van der Waals surface area contributed by atoms with E-state index >= 15 is 0 Å². The van der Waals surface area contributed by atoms with Crippen LogP contribution in [-0.2, 0) is 74.5 Å². The third-order valence-corrected chi connectivity index (χ3v) is 12.2. The first kappa shape index (κ1) is 55.8. The van der Waals surface area contributed by atoms with Crippen molar-refractivity contribution in [3.63, 3.8) is 0 Å². The van der Waals surface area contributed by atoms with Gasteiger partial charge in [0.2, 0.25) is 5.91 Å². The first-order valence-corrected chi connectivity index (χ1v) is 25.1. The number of aliphatic hydroxyl groups is 1. The summed E-state index contributed by atoms with van der Waals surface area (Å²) in [7, 11) is 1.54. The molecule has 16 nitrogen and oxygen atoms in total. The number of aliphatic carboxylic acids is 1. The summed E-state index contributed by atoms with van der Waals surface area (Å²) in [5, 5.41) is 32.2. The number of aliphatic hydroxyl groups excluding tert-OH is 1. The van der Waals surface area contributed by atoms with Crippen molar-refractivity contribution in [3.05, 3.63) is 227 Å². The summed E-state index contributed by atoms with van der Waals surface area (Å²) in [5.41, 5.74) is 6.26. The molecule has 0 aliphatic heterocycles. The molecule has 4 atom stereocenters. The molecule has 0 unspecified atom stereocenters. The Balaban J connectivity index is 1.16. The van der Waals surface area contributed by atoms with Crippen molar-refractivity contribution < 1.29 is 57.9 Å². The molecule has 0 saturated heterocycles. The molecule has 0 bridgehead atoms. The Hall–Kier alpha value is -8.99. The number of hydrogen-bond acceptors (Lipinski definition) is 12. The van der Waals surface area contributed by atoms with Crippen molar-refractivity contribution in [2.75, 3.05) is 13.6 Å². The van der Waals surface area contributed by atoms with Crippen molar-refractivity contribution in [2.24, 2.45) is 0 Å². The molecule has 7 aromatic carbocycles. The number of likely N-dealkylation sites (N-methyl/N-ethyl adjacent to an activating group) is 1. The lowest BCUT2D eigenvalue weighted by atomic mass is 9.95. The summed E-state index contributed by atoms with van der Waals surface area (Å²) in [5.74, 6) is -1.83. The second-order valence-corrected chi connectivity index (χ2v) is 18.1. The third-order valence-electron chi connectivity index (χ3n) is 12.2. The number of ether oxygens (including phenoxy) is 5. The third kappa shape index (κ3) is 18.4. The van der Waals surface area contributed by atoms with Crippen molar-refractivity contribution in [3.8, 4) is 22.6 Å². The van der Waals surface area contributed by atoms with Gasteiger partial charge in [0, 0.05) is 19.4 Å². The maximum atomic E-state index is 14.2. The average molecular weight is 1040 g/mol. The van der Waals surface area contributed by atoms with Crippen LogP contribution in [0.1, 0.15) is 45.4 Å². The predicted molar refractivity (Wildman–Crippen MR) is 288 cm³/mol. The van der Waals surface area contributed by atoms with Crippen LogP contribution >= 0.6 is 0 Å². The van der Waals surface area contributed by atoms with E-state index in [1.54, 1.807) is 49.5 Å². The molecule has 16 heteroatoms. The van der Waals surface area contributed by atoms with Gasteiger partial charge in [0.1, 0.15) is 56.6 Å². The zero-order chi connectivity index (χ0) is 54.2. The van der Waals surface area contributed by atoms with Gasteiger partial charge in [-0.1, -0.05) is 164 Å². The molecule has 0 aliphatic carbocycles. The van der Waals surface area contributed by atoms with Gasteiger partial charge in [-0.15, -0.1) is 0 Å². The Labute approximate surface area is 447 Å². The summed E-state index contributed by atoms with van der Waals surface area (Å²) in [6, 6.07) is 53.3. The Morgan fingerprint density at radius 2 is 0.987 bits per heavy atom. The van der Waals surface area contributed by atoms with Crippen LogP contribution in [0.2, 0.25) is 0 Å². The van der Waals surface area contributed by atoms with E-state index in [2.05, 4.69) is 21.3 Å².